The van der Waals surface area contributed by atoms with Crippen molar-refractivity contribution in [3.05, 3.63) is 0 Å². The van der Waals surface area contributed by atoms with Gasteiger partial charge in [0.2, 0.25) is 11.8 Å². The van der Waals surface area contributed by atoms with E-state index in [0.717, 1.165) is 12.2 Å². The lowest BCUT2D eigenvalue weighted by atomic mass is 10.2. The molecule has 80 valence electrons. The fraction of sp³-hybridized carbons (Fsp3) is 0.778. The molecule has 1 N–H and O–H groups in total. The third kappa shape index (κ3) is 2.64. The van der Waals surface area contributed by atoms with Gasteiger partial charge in [-0.3, -0.25) is 9.59 Å². The molecule has 1 aliphatic heterocycles. The molecule has 0 aromatic heterocycles. The molecule has 0 aromatic carbocycles. The number of hydrogen-bond acceptors (Lipinski definition) is 3. The molecule has 1 aliphatic rings. The van der Waals surface area contributed by atoms with Crippen LogP contribution in [0.2, 0.25) is 0 Å². The molecule has 1 fully saturated rings. The van der Waals surface area contributed by atoms with Crippen LogP contribution in [0, 0.1) is 0 Å². The molecule has 4 nitrogen and oxygen atoms in total. The SMILES string of the molecule is CCC(CSC)N1CC(=O)NCC1=O. The van der Waals surface area contributed by atoms with Gasteiger partial charge in [-0.1, -0.05) is 6.92 Å². The molecule has 2 amide bonds. The van der Waals surface area contributed by atoms with E-state index in [9.17, 15) is 9.59 Å². The lowest BCUT2D eigenvalue weighted by Crippen LogP contribution is -2.55. The Morgan fingerprint density at radius 3 is 2.86 bits per heavy atom. The minimum atomic E-state index is -0.0517. The molecule has 0 aliphatic carbocycles. The van der Waals surface area contributed by atoms with Gasteiger partial charge in [-0.15, -0.1) is 0 Å². The molecule has 1 unspecified atom stereocenters. The number of nitrogens with one attached hydrogen (secondary N) is 1. The van der Waals surface area contributed by atoms with Crippen molar-refractivity contribution in [3.63, 3.8) is 0 Å². The number of thioether (sulfide) groups is 1. The largest absolute Gasteiger partial charge is 0.345 e. The summed E-state index contributed by atoms with van der Waals surface area (Å²) in [4.78, 5) is 24.3. The zero-order valence-electron chi connectivity index (χ0n) is 8.58. The van der Waals surface area contributed by atoms with Crippen LogP contribution in [0.3, 0.4) is 0 Å². The van der Waals surface area contributed by atoms with Gasteiger partial charge in [0.25, 0.3) is 0 Å². The van der Waals surface area contributed by atoms with Gasteiger partial charge in [0.1, 0.15) is 0 Å². The van der Waals surface area contributed by atoms with E-state index in [0.29, 0.717) is 0 Å². The van der Waals surface area contributed by atoms with Crippen molar-refractivity contribution in [1.29, 1.82) is 0 Å². The third-order valence-electron chi connectivity index (χ3n) is 2.34. The van der Waals surface area contributed by atoms with Crippen LogP contribution in [0.1, 0.15) is 13.3 Å². The topological polar surface area (TPSA) is 49.4 Å². The maximum absolute atomic E-state index is 11.5. The van der Waals surface area contributed by atoms with E-state index in [1.807, 2.05) is 13.2 Å². The average Bonchev–Trinajstić information content (AvgIpc) is 2.18. The van der Waals surface area contributed by atoms with Crippen LogP contribution >= 0.6 is 11.8 Å². The molecule has 5 heteroatoms. The summed E-state index contributed by atoms with van der Waals surface area (Å²) >= 11 is 1.71. The highest BCUT2D eigenvalue weighted by Gasteiger charge is 2.28. The van der Waals surface area contributed by atoms with Gasteiger partial charge < -0.3 is 10.2 Å². The van der Waals surface area contributed by atoms with E-state index < -0.39 is 0 Å². The maximum atomic E-state index is 11.5. The number of nitrogens with zero attached hydrogens (tertiary/aromatic N) is 1. The summed E-state index contributed by atoms with van der Waals surface area (Å²) in [5.74, 6) is 0.879. The molecule has 0 spiro atoms. The van der Waals surface area contributed by atoms with Gasteiger partial charge in [0.05, 0.1) is 13.1 Å². The van der Waals surface area contributed by atoms with Gasteiger partial charge >= 0.3 is 0 Å². The second-order valence-corrected chi connectivity index (χ2v) is 4.23. The smallest absolute Gasteiger partial charge is 0.242 e. The summed E-state index contributed by atoms with van der Waals surface area (Å²) < 4.78 is 0. The first-order chi connectivity index (χ1) is 6.69. The molecule has 0 saturated carbocycles. The number of amides is 2. The minimum absolute atomic E-state index is 0.0329. The summed E-state index contributed by atoms with van der Waals surface area (Å²) in [7, 11) is 0. The molecule has 1 heterocycles. The second-order valence-electron chi connectivity index (χ2n) is 3.32. The van der Waals surface area contributed by atoms with Gasteiger partial charge in [0.15, 0.2) is 0 Å². The maximum Gasteiger partial charge on any atom is 0.242 e. The average molecular weight is 216 g/mol. The molecule has 1 atom stereocenters. The minimum Gasteiger partial charge on any atom is -0.345 e. The van der Waals surface area contributed by atoms with Gasteiger partial charge in [-0.05, 0) is 12.7 Å². The van der Waals surface area contributed by atoms with Crippen LogP contribution in [0.15, 0.2) is 0 Å². The molecule has 0 aromatic rings. The Kier molecular flexibility index (Phi) is 4.25. The Labute approximate surface area is 88.4 Å². The molecule has 0 radical (unpaired) electrons. The van der Waals surface area contributed by atoms with E-state index in [1.54, 1.807) is 16.7 Å². The number of piperazine rings is 1. The fourth-order valence-electron chi connectivity index (χ4n) is 1.53. The molecular formula is C9H16N2O2S. The third-order valence-corrected chi connectivity index (χ3v) is 3.06. The van der Waals surface area contributed by atoms with Gasteiger partial charge in [-0.25, -0.2) is 0 Å². The Morgan fingerprint density at radius 1 is 1.57 bits per heavy atom. The van der Waals surface area contributed by atoms with E-state index in [4.69, 9.17) is 0 Å². The summed E-state index contributed by atoms with van der Waals surface area (Å²) in [6.07, 6.45) is 2.91. The monoisotopic (exact) mass is 216 g/mol. The fourth-order valence-corrected chi connectivity index (χ4v) is 2.33. The quantitative estimate of drug-likeness (QED) is 0.724. The summed E-state index contributed by atoms with van der Waals surface area (Å²) in [6, 6.07) is 0.198. The van der Waals surface area contributed by atoms with Gasteiger partial charge in [-0.2, -0.15) is 11.8 Å². The second kappa shape index (κ2) is 5.24. The van der Waals surface area contributed by atoms with Crippen LogP contribution in [0.5, 0.6) is 0 Å². The number of hydrogen-bond donors (Lipinski definition) is 1. The van der Waals surface area contributed by atoms with Crippen molar-refractivity contribution < 1.29 is 9.59 Å². The van der Waals surface area contributed by atoms with Crippen molar-refractivity contribution in [2.45, 2.75) is 19.4 Å². The highest BCUT2D eigenvalue weighted by molar-refractivity contribution is 7.98. The first-order valence-corrected chi connectivity index (χ1v) is 6.13. The van der Waals surface area contributed by atoms with Gasteiger partial charge in [0, 0.05) is 11.8 Å². The molecule has 1 rings (SSSR count). The Hall–Kier alpha value is -0.710. The van der Waals surface area contributed by atoms with Crippen LogP contribution in [-0.2, 0) is 9.59 Å². The number of carbonyl (C=O) groups is 2. The highest BCUT2D eigenvalue weighted by atomic mass is 32.2. The highest BCUT2D eigenvalue weighted by Crippen LogP contribution is 2.11. The lowest BCUT2D eigenvalue weighted by molar-refractivity contribution is -0.142. The predicted octanol–water partition coefficient (Wildman–Crippen LogP) is 0.0864. The Morgan fingerprint density at radius 2 is 2.29 bits per heavy atom. The van der Waals surface area contributed by atoms with Crippen molar-refractivity contribution in [2.75, 3.05) is 25.1 Å². The number of carbonyl (C=O) groups excluding carboxylic acids is 2. The zero-order chi connectivity index (χ0) is 10.6. The van der Waals surface area contributed by atoms with E-state index >= 15 is 0 Å². The van der Waals surface area contributed by atoms with Crippen molar-refractivity contribution in [1.82, 2.24) is 10.2 Å². The Balaban J connectivity index is 2.61. The lowest BCUT2D eigenvalue weighted by Gasteiger charge is -2.33. The first kappa shape index (κ1) is 11.4. The van der Waals surface area contributed by atoms with Crippen LogP contribution < -0.4 is 5.32 Å². The molecule has 14 heavy (non-hydrogen) atoms. The van der Waals surface area contributed by atoms with Crippen molar-refractivity contribution in [2.24, 2.45) is 0 Å². The molecule has 1 saturated heterocycles. The van der Waals surface area contributed by atoms with Crippen molar-refractivity contribution in [3.8, 4) is 0 Å². The first-order valence-electron chi connectivity index (χ1n) is 4.74. The predicted molar refractivity (Wildman–Crippen MR) is 57.2 cm³/mol. The number of rotatable bonds is 4. The Bertz CT molecular complexity index is 233. The van der Waals surface area contributed by atoms with Crippen molar-refractivity contribution >= 4 is 23.6 Å². The summed E-state index contributed by atoms with van der Waals surface area (Å²) in [5, 5.41) is 2.55. The van der Waals surface area contributed by atoms with E-state index in [2.05, 4.69) is 5.32 Å². The van der Waals surface area contributed by atoms with Crippen LogP contribution in [0.25, 0.3) is 0 Å². The van der Waals surface area contributed by atoms with E-state index in [1.165, 1.54) is 0 Å². The normalized spacial score (nSPS) is 19.4. The van der Waals surface area contributed by atoms with Crippen LogP contribution in [0.4, 0.5) is 0 Å². The molecular weight excluding hydrogens is 200 g/mol. The molecule has 0 bridgehead atoms. The van der Waals surface area contributed by atoms with Crippen LogP contribution in [-0.4, -0.2) is 47.9 Å². The summed E-state index contributed by atoms with van der Waals surface area (Å²) in [6.45, 7) is 2.42. The standard InChI is InChI=1S/C9H16N2O2S/c1-3-7(6-14-2)11-5-8(12)10-4-9(11)13/h7H,3-6H2,1-2H3,(H,10,12). The zero-order valence-corrected chi connectivity index (χ0v) is 9.39. The van der Waals surface area contributed by atoms with E-state index in [-0.39, 0.29) is 30.9 Å². The summed E-state index contributed by atoms with van der Waals surface area (Å²) in [5.41, 5.74) is 0.